The number of aliphatic hydroxyl groups is 4. The van der Waals surface area contributed by atoms with Crippen LogP contribution in [0.3, 0.4) is 0 Å². The molecule has 2 aliphatic heterocycles. The molecule has 0 aliphatic carbocycles. The zero-order chi connectivity index (χ0) is 26.1. The topological polar surface area (TPSA) is 126 Å². The Kier molecular flexibility index (Phi) is 7.57. The van der Waals surface area contributed by atoms with Gasteiger partial charge in [-0.1, -0.05) is 36.4 Å². The van der Waals surface area contributed by atoms with Crippen LogP contribution in [0.4, 0.5) is 4.39 Å². The molecule has 2 aliphatic rings. The number of aliphatic hydroxyl groups excluding tert-OH is 4. The minimum absolute atomic E-state index is 0.0340. The number of benzene rings is 2. The van der Waals surface area contributed by atoms with E-state index >= 15 is 0 Å². The van der Waals surface area contributed by atoms with E-state index in [4.69, 9.17) is 14.2 Å². The number of aromatic nitrogens is 2. The van der Waals surface area contributed by atoms with Crippen molar-refractivity contribution in [2.24, 2.45) is 0 Å². The molecule has 198 valence electrons. The molecule has 3 aromatic rings. The van der Waals surface area contributed by atoms with E-state index in [0.29, 0.717) is 19.6 Å². The number of hydrogen-bond donors (Lipinski definition) is 4. The maximum absolute atomic E-state index is 13.3. The maximum Gasteiger partial charge on any atom is 0.239 e. The van der Waals surface area contributed by atoms with Gasteiger partial charge in [0, 0.05) is 24.3 Å². The van der Waals surface area contributed by atoms with Crippen LogP contribution in [-0.4, -0.2) is 80.7 Å². The lowest BCUT2D eigenvalue weighted by Gasteiger charge is -2.39. The van der Waals surface area contributed by atoms with E-state index in [1.165, 1.54) is 12.1 Å². The summed E-state index contributed by atoms with van der Waals surface area (Å²) >= 11 is 0. The fourth-order valence-electron chi connectivity index (χ4n) is 4.83. The van der Waals surface area contributed by atoms with E-state index in [1.807, 2.05) is 35.9 Å². The maximum atomic E-state index is 13.3. The summed E-state index contributed by atoms with van der Waals surface area (Å²) in [5, 5.41) is 45.0. The van der Waals surface area contributed by atoms with Gasteiger partial charge in [0.25, 0.3) is 0 Å². The summed E-state index contributed by atoms with van der Waals surface area (Å²) in [6, 6.07) is 14.2. The van der Waals surface area contributed by atoms with Crippen LogP contribution in [0.5, 0.6) is 5.88 Å². The molecule has 2 aromatic carbocycles. The Balaban J connectivity index is 1.42. The van der Waals surface area contributed by atoms with E-state index in [2.05, 4.69) is 5.10 Å². The second-order valence-electron chi connectivity index (χ2n) is 9.53. The molecule has 0 radical (unpaired) electrons. The molecule has 0 amide bonds. The highest BCUT2D eigenvalue weighted by Gasteiger charge is 2.45. The summed E-state index contributed by atoms with van der Waals surface area (Å²) < 4.78 is 32.2. The van der Waals surface area contributed by atoms with Crippen molar-refractivity contribution in [2.75, 3.05) is 19.8 Å². The summed E-state index contributed by atoms with van der Waals surface area (Å²) in [6.07, 6.45) is -5.72. The molecule has 37 heavy (non-hydrogen) atoms. The summed E-state index contributed by atoms with van der Waals surface area (Å²) in [4.78, 5) is 0. The molecule has 4 N–H and O–H groups in total. The normalized spacial score (nSPS) is 27.9. The number of nitrogens with zero attached hydrogens (tertiary/aromatic N) is 2. The summed E-state index contributed by atoms with van der Waals surface area (Å²) in [5.41, 5.74) is 4.49. The highest BCUT2D eigenvalue weighted by atomic mass is 19.1. The zero-order valence-electron chi connectivity index (χ0n) is 20.4. The quantitative estimate of drug-likeness (QED) is 0.376. The highest BCUT2D eigenvalue weighted by molar-refractivity contribution is 5.63. The number of halogens is 1. The van der Waals surface area contributed by atoms with Crippen molar-refractivity contribution in [3.63, 3.8) is 0 Å². The number of ether oxygens (including phenoxy) is 3. The largest absolute Gasteiger partial charge is 0.443 e. The van der Waals surface area contributed by atoms with Crippen LogP contribution in [0, 0.1) is 12.7 Å². The van der Waals surface area contributed by atoms with E-state index < -0.39 is 37.3 Å². The highest BCUT2D eigenvalue weighted by Crippen LogP contribution is 2.33. The summed E-state index contributed by atoms with van der Waals surface area (Å²) in [5.74, 6) is -0.0520. The van der Waals surface area contributed by atoms with Crippen molar-refractivity contribution in [2.45, 2.75) is 56.5 Å². The van der Waals surface area contributed by atoms with Crippen LogP contribution >= 0.6 is 0 Å². The molecule has 5 rings (SSSR count). The third-order valence-electron chi connectivity index (χ3n) is 7.08. The van der Waals surface area contributed by atoms with Crippen molar-refractivity contribution in [3.8, 4) is 17.0 Å². The monoisotopic (exact) mass is 514 g/mol. The number of rotatable bonds is 7. The molecule has 9 nitrogen and oxygen atoms in total. The molecule has 1 unspecified atom stereocenters. The molecule has 10 heteroatoms. The fraction of sp³-hybridized carbons (Fsp3) is 0.444. The summed E-state index contributed by atoms with van der Waals surface area (Å²) in [7, 11) is 0. The van der Waals surface area contributed by atoms with Gasteiger partial charge in [0.05, 0.1) is 19.3 Å². The van der Waals surface area contributed by atoms with Gasteiger partial charge in [-0.15, -0.1) is 5.10 Å². The van der Waals surface area contributed by atoms with Gasteiger partial charge in [-0.25, -0.2) is 4.39 Å². The first kappa shape index (κ1) is 25.8. The van der Waals surface area contributed by atoms with E-state index in [0.717, 1.165) is 34.4 Å². The lowest BCUT2D eigenvalue weighted by molar-refractivity contribution is -0.278. The first-order valence-corrected chi connectivity index (χ1v) is 12.3. The van der Waals surface area contributed by atoms with Crippen LogP contribution in [0.1, 0.15) is 29.3 Å². The van der Waals surface area contributed by atoms with Crippen LogP contribution in [-0.2, 0) is 15.9 Å². The molecule has 2 fully saturated rings. The standard InChI is InChI=1S/C27H31FN2O7/c1-15-21(12-16-2-4-17(5-3-16)18-6-8-19(28)9-7-18)26(29-30(15)20-10-11-35-14-20)37-27-25(34)24(33)23(32)22(13-31)36-27/h2-9,20,22-25,27,31-34H,10-14H2,1H3/t20?,22-,23-,24+,25-,27+/m1/s1. The average molecular weight is 515 g/mol. The molecule has 0 spiro atoms. The van der Waals surface area contributed by atoms with E-state index in [9.17, 15) is 24.8 Å². The van der Waals surface area contributed by atoms with Crippen molar-refractivity contribution in [1.82, 2.24) is 9.78 Å². The smallest absolute Gasteiger partial charge is 0.239 e. The Morgan fingerprint density at radius 3 is 2.30 bits per heavy atom. The van der Waals surface area contributed by atoms with Crippen molar-refractivity contribution >= 4 is 0 Å². The Morgan fingerprint density at radius 1 is 1.00 bits per heavy atom. The molecule has 0 saturated carbocycles. The Bertz CT molecular complexity index is 1190. The predicted molar refractivity (Wildman–Crippen MR) is 130 cm³/mol. The van der Waals surface area contributed by atoms with Crippen molar-refractivity contribution < 1.29 is 39.0 Å². The Hall–Kier alpha value is -2.86. The van der Waals surface area contributed by atoms with Crippen LogP contribution < -0.4 is 4.74 Å². The van der Waals surface area contributed by atoms with Gasteiger partial charge < -0.3 is 34.6 Å². The van der Waals surface area contributed by atoms with Gasteiger partial charge in [0.2, 0.25) is 12.2 Å². The minimum Gasteiger partial charge on any atom is -0.443 e. The second kappa shape index (κ2) is 10.9. The third-order valence-corrected chi connectivity index (χ3v) is 7.08. The molecular formula is C27H31FN2O7. The van der Waals surface area contributed by atoms with Gasteiger partial charge in [0.1, 0.15) is 30.2 Å². The Morgan fingerprint density at radius 2 is 1.68 bits per heavy atom. The van der Waals surface area contributed by atoms with E-state index in [-0.39, 0.29) is 17.7 Å². The van der Waals surface area contributed by atoms with E-state index in [1.54, 1.807) is 12.1 Å². The number of hydrogen-bond acceptors (Lipinski definition) is 8. The minimum atomic E-state index is -1.55. The van der Waals surface area contributed by atoms with Crippen LogP contribution in [0.2, 0.25) is 0 Å². The van der Waals surface area contributed by atoms with Crippen molar-refractivity contribution in [3.05, 3.63) is 71.2 Å². The van der Waals surface area contributed by atoms with Crippen molar-refractivity contribution in [1.29, 1.82) is 0 Å². The molecule has 3 heterocycles. The lowest BCUT2D eigenvalue weighted by Crippen LogP contribution is -2.60. The first-order chi connectivity index (χ1) is 17.9. The van der Waals surface area contributed by atoms with Gasteiger partial charge in [-0.3, -0.25) is 4.68 Å². The molecule has 1 aromatic heterocycles. The SMILES string of the molecule is Cc1c(Cc2ccc(-c3ccc(F)cc3)cc2)c(O[C@@H]2O[C@H](CO)[C@@H](O)[C@H](O)[C@H]2O)nn1C1CCOC1. The van der Waals surface area contributed by atoms with Gasteiger partial charge in [0.15, 0.2) is 0 Å². The molecular weight excluding hydrogens is 483 g/mol. The first-order valence-electron chi connectivity index (χ1n) is 12.3. The van der Waals surface area contributed by atoms with Gasteiger partial charge >= 0.3 is 0 Å². The fourth-order valence-corrected chi connectivity index (χ4v) is 4.83. The lowest BCUT2D eigenvalue weighted by atomic mass is 9.99. The zero-order valence-corrected chi connectivity index (χ0v) is 20.4. The predicted octanol–water partition coefficient (Wildman–Crippen LogP) is 1.73. The van der Waals surface area contributed by atoms with Gasteiger partial charge in [-0.05, 0) is 42.2 Å². The van der Waals surface area contributed by atoms with Crippen LogP contribution in [0.25, 0.3) is 11.1 Å². The van der Waals surface area contributed by atoms with Gasteiger partial charge in [-0.2, -0.15) is 0 Å². The Labute approximate surface area is 213 Å². The van der Waals surface area contributed by atoms with Crippen LogP contribution in [0.15, 0.2) is 48.5 Å². The summed E-state index contributed by atoms with van der Waals surface area (Å²) in [6.45, 7) is 2.54. The second-order valence-corrected chi connectivity index (χ2v) is 9.53. The third kappa shape index (κ3) is 5.26. The molecule has 6 atom stereocenters. The molecule has 0 bridgehead atoms. The average Bonchev–Trinajstić information content (AvgIpc) is 3.54. The molecule has 2 saturated heterocycles.